The quantitative estimate of drug-likeness (QED) is 0.564. The fraction of sp³-hybridized carbons (Fsp3) is 0.316. The molecule has 1 aliphatic rings. The molecular weight excluding hydrogens is 467 g/mol. The zero-order valence-corrected chi connectivity index (χ0v) is 18.2. The number of alkyl halides is 3. The molecule has 13 heteroatoms. The first-order chi connectivity index (χ1) is 14.8. The van der Waals surface area contributed by atoms with Gasteiger partial charge >= 0.3 is 5.51 Å². The number of nitrogens with one attached hydrogen (secondary N) is 2. The minimum Gasteiger partial charge on any atom is -0.337 e. The van der Waals surface area contributed by atoms with E-state index in [-0.39, 0.29) is 33.2 Å². The standard InChI is InChI=1S/C19H16F3N5O3S2/c1-2-31(28,29)15-7-11(18(10-23)5-6-18)9-25-16(15)17-26-13-4-3-12(8-14(13)27-17)32(24,30)19(20,21)22/h3-4,7-9,24H,2,5-6H2,1H3,(H,26,27). The van der Waals surface area contributed by atoms with Crippen molar-refractivity contribution in [3.63, 3.8) is 0 Å². The SMILES string of the molecule is CCS(=O)(=O)c1cc(C2(C#N)CC2)cnc1-c1nc2ccc(S(=N)(=O)C(F)(F)F)cc2[nH]1. The number of hydrogen-bond donors (Lipinski definition) is 2. The van der Waals surface area contributed by atoms with Crippen LogP contribution in [0.1, 0.15) is 25.3 Å². The van der Waals surface area contributed by atoms with Crippen molar-refractivity contribution < 1.29 is 25.8 Å². The average molecular weight is 483 g/mol. The van der Waals surface area contributed by atoms with Crippen molar-refractivity contribution in [2.45, 2.75) is 40.5 Å². The topological polar surface area (TPSA) is 140 Å². The number of nitriles is 1. The van der Waals surface area contributed by atoms with E-state index in [4.69, 9.17) is 4.78 Å². The van der Waals surface area contributed by atoms with Gasteiger partial charge in [-0.1, -0.05) is 6.92 Å². The summed E-state index contributed by atoms with van der Waals surface area (Å²) in [5, 5.41) is 9.43. The average Bonchev–Trinajstić information content (AvgIpc) is 3.43. The summed E-state index contributed by atoms with van der Waals surface area (Å²) in [5.74, 6) is -0.248. The van der Waals surface area contributed by atoms with Crippen LogP contribution in [0.4, 0.5) is 13.2 Å². The van der Waals surface area contributed by atoms with Gasteiger partial charge in [-0.15, -0.1) is 0 Å². The second kappa shape index (κ2) is 7.01. The Balaban J connectivity index is 1.88. The number of halogens is 3. The van der Waals surface area contributed by atoms with E-state index in [9.17, 15) is 31.1 Å². The van der Waals surface area contributed by atoms with Gasteiger partial charge in [0.2, 0.25) is 0 Å². The van der Waals surface area contributed by atoms with E-state index in [1.54, 1.807) is 0 Å². The van der Waals surface area contributed by atoms with Crippen molar-refractivity contribution in [3.05, 3.63) is 36.0 Å². The van der Waals surface area contributed by atoms with Crippen molar-refractivity contribution in [2.24, 2.45) is 0 Å². The molecule has 1 aliphatic carbocycles. The molecule has 2 N–H and O–H groups in total. The number of benzene rings is 1. The number of aromatic nitrogens is 3. The van der Waals surface area contributed by atoms with E-state index >= 15 is 0 Å². The van der Waals surface area contributed by atoms with Crippen molar-refractivity contribution >= 4 is 30.6 Å². The number of nitrogens with zero attached hydrogens (tertiary/aromatic N) is 3. The molecule has 1 saturated carbocycles. The molecule has 2 heterocycles. The molecule has 32 heavy (non-hydrogen) atoms. The lowest BCUT2D eigenvalue weighted by atomic mass is 9.99. The molecule has 1 atom stereocenters. The van der Waals surface area contributed by atoms with Gasteiger partial charge in [0.1, 0.15) is 5.69 Å². The van der Waals surface area contributed by atoms with Gasteiger partial charge in [-0.05, 0) is 42.7 Å². The van der Waals surface area contributed by atoms with E-state index in [0.717, 1.165) is 12.1 Å². The summed E-state index contributed by atoms with van der Waals surface area (Å²) in [5.41, 5.74) is -5.34. The van der Waals surface area contributed by atoms with Crippen LogP contribution in [0.5, 0.6) is 0 Å². The Hall–Kier alpha value is -2.98. The first-order valence-electron chi connectivity index (χ1n) is 9.34. The first-order valence-corrected chi connectivity index (χ1v) is 12.6. The number of aromatic amines is 1. The lowest BCUT2D eigenvalue weighted by molar-refractivity contribution is -0.0406. The van der Waals surface area contributed by atoms with Crippen LogP contribution in [0.3, 0.4) is 0 Å². The van der Waals surface area contributed by atoms with Gasteiger partial charge in [0.25, 0.3) is 0 Å². The van der Waals surface area contributed by atoms with Crippen LogP contribution >= 0.6 is 0 Å². The summed E-state index contributed by atoms with van der Waals surface area (Å²) in [6.07, 6.45) is 2.59. The van der Waals surface area contributed by atoms with E-state index < -0.39 is 35.4 Å². The van der Waals surface area contributed by atoms with Crippen LogP contribution in [-0.2, 0) is 25.0 Å². The highest BCUT2D eigenvalue weighted by Crippen LogP contribution is 2.48. The summed E-state index contributed by atoms with van der Waals surface area (Å²) < 4.78 is 83.6. The number of rotatable bonds is 5. The molecule has 0 amide bonds. The number of fused-ring (bicyclic) bond motifs is 1. The molecule has 1 fully saturated rings. The molecule has 0 radical (unpaired) electrons. The van der Waals surface area contributed by atoms with Crippen molar-refractivity contribution in [1.29, 1.82) is 10.0 Å². The van der Waals surface area contributed by atoms with Crippen LogP contribution in [0, 0.1) is 16.1 Å². The Bertz CT molecular complexity index is 1500. The minimum atomic E-state index is -5.25. The predicted molar refractivity (Wildman–Crippen MR) is 109 cm³/mol. The Morgan fingerprint density at radius 3 is 2.50 bits per heavy atom. The van der Waals surface area contributed by atoms with Gasteiger partial charge in [-0.2, -0.15) is 18.4 Å². The second-order valence-corrected chi connectivity index (χ2v) is 11.7. The third-order valence-corrected chi connectivity index (χ3v) is 8.73. The number of H-pyrrole nitrogens is 1. The van der Waals surface area contributed by atoms with Crippen LogP contribution in [0.25, 0.3) is 22.6 Å². The highest BCUT2D eigenvalue weighted by molar-refractivity contribution is 7.93. The molecule has 8 nitrogen and oxygen atoms in total. The van der Waals surface area contributed by atoms with Crippen LogP contribution in [0.15, 0.2) is 40.3 Å². The number of hydrogen-bond acceptors (Lipinski definition) is 7. The molecule has 0 spiro atoms. The summed E-state index contributed by atoms with van der Waals surface area (Å²) in [4.78, 5) is 10.3. The van der Waals surface area contributed by atoms with E-state index in [1.165, 1.54) is 25.3 Å². The molecule has 0 saturated heterocycles. The third-order valence-electron chi connectivity index (χ3n) is 5.42. The normalized spacial score (nSPS) is 17.6. The van der Waals surface area contributed by atoms with Gasteiger partial charge in [0.05, 0.1) is 38.1 Å². The molecule has 3 aromatic rings. The molecule has 0 aliphatic heterocycles. The van der Waals surface area contributed by atoms with E-state index in [1.807, 2.05) is 0 Å². The highest BCUT2D eigenvalue weighted by atomic mass is 32.2. The highest BCUT2D eigenvalue weighted by Gasteiger charge is 2.46. The lowest BCUT2D eigenvalue weighted by Crippen LogP contribution is -2.21. The van der Waals surface area contributed by atoms with Crippen LogP contribution in [-0.4, -0.2) is 38.8 Å². The fourth-order valence-corrected chi connectivity index (χ4v) is 5.15. The molecular formula is C19H16F3N5O3S2. The predicted octanol–water partition coefficient (Wildman–Crippen LogP) is 3.90. The smallest absolute Gasteiger partial charge is 0.337 e. The lowest BCUT2D eigenvalue weighted by Gasteiger charge is -2.11. The van der Waals surface area contributed by atoms with Gasteiger partial charge in [0, 0.05) is 6.20 Å². The summed E-state index contributed by atoms with van der Waals surface area (Å²) in [6.45, 7) is 1.45. The molecule has 1 aromatic carbocycles. The van der Waals surface area contributed by atoms with E-state index in [2.05, 4.69) is 21.0 Å². The van der Waals surface area contributed by atoms with Gasteiger partial charge in [0.15, 0.2) is 25.4 Å². The third kappa shape index (κ3) is 3.43. The van der Waals surface area contributed by atoms with E-state index in [0.29, 0.717) is 18.4 Å². The summed E-state index contributed by atoms with van der Waals surface area (Å²) in [6, 6.07) is 6.56. The monoisotopic (exact) mass is 483 g/mol. The van der Waals surface area contributed by atoms with Gasteiger partial charge < -0.3 is 4.98 Å². The maximum absolute atomic E-state index is 13.0. The first kappa shape index (κ1) is 22.2. The zero-order chi connectivity index (χ0) is 23.5. The largest absolute Gasteiger partial charge is 0.483 e. The number of pyridine rings is 1. The number of sulfone groups is 1. The number of imidazole rings is 1. The van der Waals surface area contributed by atoms with Crippen LogP contribution in [0.2, 0.25) is 0 Å². The maximum atomic E-state index is 13.0. The van der Waals surface area contributed by atoms with Gasteiger partial charge in [-0.25, -0.2) is 22.4 Å². The Kier molecular flexibility index (Phi) is 4.87. The summed E-state index contributed by atoms with van der Waals surface area (Å²) >= 11 is 0. The minimum absolute atomic E-state index is 0.0129. The summed E-state index contributed by atoms with van der Waals surface area (Å²) in [7, 11) is -8.85. The molecule has 0 bridgehead atoms. The Labute approximate surface area is 181 Å². The zero-order valence-electron chi connectivity index (χ0n) is 16.5. The fourth-order valence-electron chi connectivity index (χ4n) is 3.28. The van der Waals surface area contributed by atoms with Crippen molar-refractivity contribution in [3.8, 4) is 17.6 Å². The van der Waals surface area contributed by atoms with Crippen molar-refractivity contribution in [2.75, 3.05) is 5.75 Å². The molecule has 1 unspecified atom stereocenters. The Morgan fingerprint density at radius 1 is 1.25 bits per heavy atom. The molecule has 4 rings (SSSR count). The second-order valence-electron chi connectivity index (χ2n) is 7.43. The van der Waals surface area contributed by atoms with Crippen LogP contribution < -0.4 is 0 Å². The van der Waals surface area contributed by atoms with Crippen molar-refractivity contribution in [1.82, 2.24) is 15.0 Å². The Morgan fingerprint density at radius 2 is 1.94 bits per heavy atom. The maximum Gasteiger partial charge on any atom is 0.483 e. The van der Waals surface area contributed by atoms with Gasteiger partial charge in [-0.3, -0.25) is 4.98 Å². The molecule has 168 valence electrons. The molecule has 2 aromatic heterocycles.